The fraction of sp³-hybridized carbons (Fsp3) is 0.727. The second kappa shape index (κ2) is 14.0. The lowest BCUT2D eigenvalue weighted by molar-refractivity contribution is -0.147. The van der Waals surface area contributed by atoms with E-state index in [0.29, 0.717) is 32.3 Å². The molecule has 0 atom stereocenters. The highest BCUT2D eigenvalue weighted by atomic mass is 16.6. The molecule has 0 aromatic rings. The number of unbranched alkanes of at least 4 members (excludes halogenated alkanes) is 2. The molecule has 172 valence electrons. The van der Waals surface area contributed by atoms with Crippen LogP contribution in [0.2, 0.25) is 0 Å². The lowest BCUT2D eigenvalue weighted by Crippen LogP contribution is -2.36. The van der Waals surface area contributed by atoms with Gasteiger partial charge in [0.05, 0.1) is 6.61 Å². The Morgan fingerprint density at radius 2 is 1.30 bits per heavy atom. The van der Waals surface area contributed by atoms with E-state index in [4.69, 9.17) is 19.3 Å². The Bertz CT molecular complexity index is 592. The molecule has 0 aliphatic carbocycles. The summed E-state index contributed by atoms with van der Waals surface area (Å²) < 4.78 is 16.0. The van der Waals surface area contributed by atoms with E-state index in [1.54, 1.807) is 27.7 Å². The highest BCUT2D eigenvalue weighted by Crippen LogP contribution is 2.18. The fourth-order valence-corrected chi connectivity index (χ4v) is 2.55. The van der Waals surface area contributed by atoms with Gasteiger partial charge in [-0.3, -0.25) is 14.4 Å². The molecular weight excluding hydrogens is 392 g/mol. The summed E-state index contributed by atoms with van der Waals surface area (Å²) in [7, 11) is 0. The van der Waals surface area contributed by atoms with Crippen LogP contribution in [0.1, 0.15) is 72.6 Å². The van der Waals surface area contributed by atoms with Crippen molar-refractivity contribution >= 4 is 23.5 Å². The number of carbonyl (C=O) groups is 4. The van der Waals surface area contributed by atoms with Crippen LogP contribution in [-0.2, 0) is 33.4 Å². The first-order valence-electron chi connectivity index (χ1n) is 10.3. The maximum Gasteiger partial charge on any atom is 0.330 e. The molecule has 0 unspecified atom stereocenters. The second-order valence-electron chi connectivity index (χ2n) is 7.99. The zero-order chi connectivity index (χ0) is 23.2. The second-order valence-corrected chi connectivity index (χ2v) is 7.99. The molecule has 0 amide bonds. The Morgan fingerprint density at radius 1 is 0.767 bits per heavy atom. The van der Waals surface area contributed by atoms with Crippen molar-refractivity contribution in [3.63, 3.8) is 0 Å². The summed E-state index contributed by atoms with van der Waals surface area (Å²) in [5.74, 6) is -1.60. The third-order valence-electron chi connectivity index (χ3n) is 4.61. The minimum absolute atomic E-state index is 0.0319. The third-order valence-corrected chi connectivity index (χ3v) is 4.61. The van der Waals surface area contributed by atoms with Gasteiger partial charge in [0.15, 0.2) is 11.6 Å². The minimum Gasteiger partial charge on any atom is -0.481 e. The predicted molar refractivity (Wildman–Crippen MR) is 111 cm³/mol. The lowest BCUT2D eigenvalue weighted by Gasteiger charge is -2.24. The van der Waals surface area contributed by atoms with Crippen LogP contribution in [0.5, 0.6) is 0 Å². The smallest absolute Gasteiger partial charge is 0.330 e. The number of ketones is 2. The van der Waals surface area contributed by atoms with E-state index in [2.05, 4.69) is 6.58 Å². The van der Waals surface area contributed by atoms with Crippen molar-refractivity contribution in [2.24, 2.45) is 0 Å². The molecule has 0 spiro atoms. The molecule has 0 heterocycles. The fourth-order valence-electron chi connectivity index (χ4n) is 2.55. The summed E-state index contributed by atoms with van der Waals surface area (Å²) in [6.07, 6.45) is 4.02. The van der Waals surface area contributed by atoms with Crippen LogP contribution in [-0.4, -0.2) is 59.6 Å². The number of carboxylic acids is 1. The van der Waals surface area contributed by atoms with Gasteiger partial charge in [0.1, 0.15) is 17.8 Å². The van der Waals surface area contributed by atoms with Crippen LogP contribution in [0, 0.1) is 0 Å². The molecule has 0 saturated carbocycles. The van der Waals surface area contributed by atoms with E-state index in [9.17, 15) is 19.2 Å². The summed E-state index contributed by atoms with van der Waals surface area (Å²) in [6, 6.07) is 0. The van der Waals surface area contributed by atoms with Gasteiger partial charge >= 0.3 is 11.9 Å². The average molecular weight is 429 g/mol. The Morgan fingerprint density at radius 3 is 1.83 bits per heavy atom. The first-order valence-corrected chi connectivity index (χ1v) is 10.3. The first kappa shape index (κ1) is 27.9. The third kappa shape index (κ3) is 12.5. The topological polar surface area (TPSA) is 116 Å². The first-order chi connectivity index (χ1) is 13.9. The normalized spacial score (nSPS) is 11.7. The van der Waals surface area contributed by atoms with Gasteiger partial charge in [0, 0.05) is 31.9 Å². The van der Waals surface area contributed by atoms with Gasteiger partial charge in [0.2, 0.25) is 0 Å². The SMILES string of the molecule is C=CC(=O)OCCOC(C)(C)C(=O)CCCCCOC(C)(C)C(=O)CCCC(=O)O. The lowest BCUT2D eigenvalue weighted by atomic mass is 9.97. The Kier molecular flexibility index (Phi) is 13.1. The molecule has 8 nitrogen and oxygen atoms in total. The molecule has 0 fully saturated rings. The van der Waals surface area contributed by atoms with Crippen molar-refractivity contribution in [3.8, 4) is 0 Å². The zero-order valence-corrected chi connectivity index (χ0v) is 18.7. The summed E-state index contributed by atoms with van der Waals surface area (Å²) in [5, 5.41) is 8.63. The molecule has 30 heavy (non-hydrogen) atoms. The van der Waals surface area contributed by atoms with Gasteiger partial charge in [-0.05, 0) is 47.0 Å². The molecule has 1 N–H and O–H groups in total. The van der Waals surface area contributed by atoms with Crippen LogP contribution >= 0.6 is 0 Å². The standard InChI is InChI=1S/C22H36O8/c1-6-20(27)28-15-16-30-22(4,5)17(23)11-8-7-9-14-29-21(2,3)18(24)12-10-13-19(25)26/h6H,1,7-16H2,2-5H3,(H,25,26). The number of rotatable bonds is 18. The Labute approximate surface area is 178 Å². The number of carboxylic acid groups (broad SMARTS) is 1. The summed E-state index contributed by atoms with van der Waals surface area (Å²) in [5.41, 5.74) is -1.90. The van der Waals surface area contributed by atoms with Crippen LogP contribution in [0.4, 0.5) is 0 Å². The highest BCUT2D eigenvalue weighted by Gasteiger charge is 2.28. The number of aliphatic carboxylic acids is 1. The van der Waals surface area contributed by atoms with Crippen molar-refractivity contribution in [2.45, 2.75) is 83.8 Å². The van der Waals surface area contributed by atoms with E-state index in [1.165, 1.54) is 0 Å². The zero-order valence-electron chi connectivity index (χ0n) is 18.7. The number of esters is 1. The van der Waals surface area contributed by atoms with E-state index in [1.807, 2.05) is 0 Å². The molecule has 0 bridgehead atoms. The van der Waals surface area contributed by atoms with Gasteiger partial charge in [-0.1, -0.05) is 13.0 Å². The molecule has 0 rings (SSSR count). The van der Waals surface area contributed by atoms with Gasteiger partial charge in [0.25, 0.3) is 0 Å². The van der Waals surface area contributed by atoms with E-state index in [-0.39, 0.29) is 37.6 Å². The predicted octanol–water partition coefficient (Wildman–Crippen LogP) is 3.26. The largest absolute Gasteiger partial charge is 0.481 e. The molecule has 0 aliphatic rings. The maximum absolute atomic E-state index is 12.3. The van der Waals surface area contributed by atoms with E-state index >= 15 is 0 Å². The van der Waals surface area contributed by atoms with Crippen molar-refractivity contribution in [1.29, 1.82) is 0 Å². The van der Waals surface area contributed by atoms with Crippen molar-refractivity contribution in [3.05, 3.63) is 12.7 Å². The van der Waals surface area contributed by atoms with Crippen molar-refractivity contribution in [1.82, 2.24) is 0 Å². The molecule has 0 aromatic carbocycles. The Balaban J connectivity index is 4.00. The number of hydrogen-bond acceptors (Lipinski definition) is 7. The van der Waals surface area contributed by atoms with Crippen molar-refractivity contribution in [2.75, 3.05) is 19.8 Å². The highest BCUT2D eigenvalue weighted by molar-refractivity contribution is 5.87. The minimum atomic E-state index is -0.957. The molecule has 0 saturated heterocycles. The van der Waals surface area contributed by atoms with Crippen LogP contribution in [0.3, 0.4) is 0 Å². The molecule has 0 aromatic heterocycles. The molecular formula is C22H36O8. The summed E-state index contributed by atoms with van der Waals surface area (Å²) in [6.45, 7) is 10.6. The quantitative estimate of drug-likeness (QED) is 0.201. The molecule has 0 radical (unpaired) electrons. The maximum atomic E-state index is 12.3. The van der Waals surface area contributed by atoms with Crippen LogP contribution < -0.4 is 0 Å². The Hall–Kier alpha value is -2.06. The number of hydrogen-bond donors (Lipinski definition) is 1. The van der Waals surface area contributed by atoms with Gasteiger partial charge in [-0.25, -0.2) is 4.79 Å². The summed E-state index contributed by atoms with van der Waals surface area (Å²) >= 11 is 0. The van der Waals surface area contributed by atoms with Gasteiger partial charge < -0.3 is 19.3 Å². The van der Waals surface area contributed by atoms with E-state index < -0.39 is 23.1 Å². The van der Waals surface area contributed by atoms with Gasteiger partial charge in [-0.15, -0.1) is 0 Å². The van der Waals surface area contributed by atoms with Crippen molar-refractivity contribution < 1.29 is 38.5 Å². The van der Waals surface area contributed by atoms with Crippen LogP contribution in [0.25, 0.3) is 0 Å². The number of carbonyl (C=O) groups excluding carboxylic acids is 3. The summed E-state index contributed by atoms with van der Waals surface area (Å²) in [4.78, 5) is 45.9. The van der Waals surface area contributed by atoms with Gasteiger partial charge in [-0.2, -0.15) is 0 Å². The number of ether oxygens (including phenoxy) is 3. The average Bonchev–Trinajstić information content (AvgIpc) is 2.66. The molecule has 0 aliphatic heterocycles. The monoisotopic (exact) mass is 428 g/mol. The van der Waals surface area contributed by atoms with Crippen LogP contribution in [0.15, 0.2) is 12.7 Å². The van der Waals surface area contributed by atoms with E-state index in [0.717, 1.165) is 12.5 Å². The number of Topliss-reactive ketones (excluding diaryl/α,β-unsaturated/α-hetero) is 2. The molecule has 8 heteroatoms.